The van der Waals surface area contributed by atoms with Crippen molar-refractivity contribution in [1.29, 1.82) is 0 Å². The number of nitrogens with one attached hydrogen (secondary N) is 1. The first-order valence-corrected chi connectivity index (χ1v) is 14.7. The van der Waals surface area contributed by atoms with Gasteiger partial charge in [0.05, 0.1) is 44.6 Å². The topological polar surface area (TPSA) is 101 Å². The Morgan fingerprint density at radius 1 is 0.857 bits per heavy atom. The van der Waals surface area contributed by atoms with Crippen LogP contribution < -0.4 is 29.8 Å². The Morgan fingerprint density at radius 3 is 2.10 bits per heavy atom. The lowest BCUT2D eigenvalue weighted by atomic mass is 10.1. The summed E-state index contributed by atoms with van der Waals surface area (Å²) in [6.07, 6.45) is 1.99. The molecule has 0 aliphatic rings. The number of hydrogen-bond acceptors (Lipinski definition) is 8. The number of aromatic nitrogens is 2. The van der Waals surface area contributed by atoms with E-state index >= 15 is 0 Å². The molecule has 0 spiro atoms. The summed E-state index contributed by atoms with van der Waals surface area (Å²) < 4.78 is 23.3. The molecule has 4 aromatic rings. The summed E-state index contributed by atoms with van der Waals surface area (Å²) in [5.74, 6) is 2.00. The number of fused-ring (bicyclic) bond motifs is 1. The minimum Gasteiger partial charge on any atom is -0.493 e. The number of benzene rings is 3. The molecule has 4 rings (SSSR count). The van der Waals surface area contributed by atoms with Crippen molar-refractivity contribution < 1.29 is 23.7 Å². The number of hydrogen-bond donors (Lipinski definition) is 1. The lowest BCUT2D eigenvalue weighted by Crippen LogP contribution is -2.28. The molecular weight excluding hydrogens is 554 g/mol. The Hall–Kier alpha value is -4.18. The molecule has 1 heterocycles. The minimum atomic E-state index is -0.479. The molecule has 1 amide bonds. The Labute approximate surface area is 250 Å². The third kappa shape index (κ3) is 6.82. The maximum absolute atomic E-state index is 13.9. The number of rotatable bonds is 13. The highest BCUT2D eigenvalue weighted by atomic mass is 32.2. The van der Waals surface area contributed by atoms with Gasteiger partial charge in [0.2, 0.25) is 5.91 Å². The number of methoxy groups -OCH3 is 4. The second-order valence-corrected chi connectivity index (χ2v) is 10.7. The van der Waals surface area contributed by atoms with Gasteiger partial charge in [-0.2, -0.15) is 0 Å². The molecule has 1 aromatic heterocycles. The molecule has 1 N–H and O–H groups in total. The van der Waals surface area contributed by atoms with Crippen molar-refractivity contribution in [1.82, 2.24) is 9.55 Å². The van der Waals surface area contributed by atoms with Gasteiger partial charge in [-0.1, -0.05) is 43.8 Å². The van der Waals surface area contributed by atoms with E-state index in [1.165, 1.54) is 31.5 Å². The molecular formula is C32H37N3O6S. The van der Waals surface area contributed by atoms with Crippen LogP contribution in [0.15, 0.2) is 64.5 Å². The first-order valence-electron chi connectivity index (χ1n) is 13.8. The van der Waals surface area contributed by atoms with E-state index < -0.39 is 5.25 Å². The summed E-state index contributed by atoms with van der Waals surface area (Å²) in [5.41, 5.74) is 3.12. The number of carbonyl (C=O) groups excluding carboxylic acids is 1. The normalized spacial score (nSPS) is 11.7. The van der Waals surface area contributed by atoms with E-state index in [1.807, 2.05) is 49.4 Å². The molecule has 0 fully saturated rings. The number of anilines is 1. The number of nitrogens with zero attached hydrogens (tertiary/aromatic N) is 2. The van der Waals surface area contributed by atoms with Gasteiger partial charge < -0.3 is 24.3 Å². The molecule has 0 aliphatic carbocycles. The molecule has 9 nitrogen and oxygen atoms in total. The van der Waals surface area contributed by atoms with Crippen LogP contribution in [-0.2, 0) is 24.2 Å². The quantitative estimate of drug-likeness (QED) is 0.155. The van der Waals surface area contributed by atoms with E-state index in [0.717, 1.165) is 17.7 Å². The molecule has 0 unspecified atom stereocenters. The molecule has 0 aliphatic heterocycles. The smallest absolute Gasteiger partial charge is 0.262 e. The van der Waals surface area contributed by atoms with Gasteiger partial charge in [-0.15, -0.1) is 0 Å². The van der Waals surface area contributed by atoms with E-state index in [0.29, 0.717) is 58.4 Å². The third-order valence-electron chi connectivity index (χ3n) is 7.04. The molecule has 0 radical (unpaired) electrons. The van der Waals surface area contributed by atoms with Crippen LogP contribution in [0.3, 0.4) is 0 Å². The summed E-state index contributed by atoms with van der Waals surface area (Å²) >= 11 is 1.27. The fraction of sp³-hybridized carbons (Fsp3) is 0.344. The van der Waals surface area contributed by atoms with Gasteiger partial charge in [0.15, 0.2) is 28.2 Å². The number of thioether (sulfide) groups is 1. The fourth-order valence-electron chi connectivity index (χ4n) is 4.59. The first-order chi connectivity index (χ1) is 20.3. The molecule has 222 valence electrons. The van der Waals surface area contributed by atoms with Crippen LogP contribution in [0, 0.1) is 0 Å². The summed E-state index contributed by atoms with van der Waals surface area (Å²) in [6.45, 7) is 4.37. The van der Waals surface area contributed by atoms with Crippen molar-refractivity contribution in [2.24, 2.45) is 0 Å². The van der Waals surface area contributed by atoms with Gasteiger partial charge in [0.1, 0.15) is 0 Å². The van der Waals surface area contributed by atoms with Crippen LogP contribution in [0.4, 0.5) is 5.69 Å². The van der Waals surface area contributed by atoms with Gasteiger partial charge in [-0.25, -0.2) is 4.98 Å². The van der Waals surface area contributed by atoms with Gasteiger partial charge in [0.25, 0.3) is 5.56 Å². The lowest BCUT2D eigenvalue weighted by Gasteiger charge is -2.19. The van der Waals surface area contributed by atoms with Crippen LogP contribution in [-0.4, -0.2) is 49.1 Å². The number of ether oxygens (including phenoxy) is 4. The van der Waals surface area contributed by atoms with Crippen LogP contribution >= 0.6 is 11.8 Å². The van der Waals surface area contributed by atoms with E-state index in [-0.39, 0.29) is 11.5 Å². The van der Waals surface area contributed by atoms with E-state index in [9.17, 15) is 9.59 Å². The van der Waals surface area contributed by atoms with Crippen LogP contribution in [0.1, 0.15) is 31.4 Å². The van der Waals surface area contributed by atoms with Gasteiger partial charge in [-0.05, 0) is 60.7 Å². The third-order valence-corrected chi connectivity index (χ3v) is 8.39. The van der Waals surface area contributed by atoms with Crippen molar-refractivity contribution in [2.45, 2.75) is 50.1 Å². The molecule has 1 atom stereocenters. The summed E-state index contributed by atoms with van der Waals surface area (Å²) in [6, 6.07) is 16.8. The summed E-state index contributed by atoms with van der Waals surface area (Å²) in [4.78, 5) is 32.1. The van der Waals surface area contributed by atoms with Crippen molar-refractivity contribution in [3.63, 3.8) is 0 Å². The Morgan fingerprint density at radius 2 is 1.48 bits per heavy atom. The monoisotopic (exact) mass is 591 g/mol. The predicted molar refractivity (Wildman–Crippen MR) is 167 cm³/mol. The zero-order valence-corrected chi connectivity index (χ0v) is 25.7. The van der Waals surface area contributed by atoms with Gasteiger partial charge in [0, 0.05) is 18.3 Å². The van der Waals surface area contributed by atoms with Crippen LogP contribution in [0.2, 0.25) is 0 Å². The SMILES string of the molecule is CCc1ccc(NC(=O)[C@H](CC)Sc2nc3cc(OC)c(OC)cc3c(=O)n2CCc2ccc(OC)c(OC)c2)cc1. The molecule has 0 saturated heterocycles. The van der Waals surface area contributed by atoms with E-state index in [2.05, 4.69) is 12.2 Å². The second kappa shape index (κ2) is 14.1. The van der Waals surface area contributed by atoms with Crippen molar-refractivity contribution in [3.8, 4) is 23.0 Å². The van der Waals surface area contributed by atoms with Crippen molar-refractivity contribution in [2.75, 3.05) is 33.8 Å². The van der Waals surface area contributed by atoms with Crippen molar-refractivity contribution >= 4 is 34.3 Å². The Kier molecular flexibility index (Phi) is 10.4. The number of aryl methyl sites for hydroxylation is 2. The van der Waals surface area contributed by atoms with Gasteiger partial charge >= 0.3 is 0 Å². The van der Waals surface area contributed by atoms with Crippen LogP contribution in [0.5, 0.6) is 23.0 Å². The molecule has 0 bridgehead atoms. The Balaban J connectivity index is 1.71. The molecule has 42 heavy (non-hydrogen) atoms. The van der Waals surface area contributed by atoms with E-state index in [4.69, 9.17) is 23.9 Å². The minimum absolute atomic E-state index is 0.153. The van der Waals surface area contributed by atoms with Crippen molar-refractivity contribution in [3.05, 3.63) is 76.1 Å². The zero-order valence-electron chi connectivity index (χ0n) is 24.9. The highest BCUT2D eigenvalue weighted by Gasteiger charge is 2.23. The second-order valence-electron chi connectivity index (χ2n) is 9.57. The maximum atomic E-state index is 13.9. The van der Waals surface area contributed by atoms with E-state index in [1.54, 1.807) is 30.9 Å². The number of amides is 1. The lowest BCUT2D eigenvalue weighted by molar-refractivity contribution is -0.115. The van der Waals surface area contributed by atoms with Crippen LogP contribution in [0.25, 0.3) is 10.9 Å². The molecule has 3 aromatic carbocycles. The molecule has 10 heteroatoms. The summed E-state index contributed by atoms with van der Waals surface area (Å²) in [7, 11) is 6.24. The average Bonchev–Trinajstić information content (AvgIpc) is 3.02. The highest BCUT2D eigenvalue weighted by molar-refractivity contribution is 8.00. The predicted octanol–water partition coefficient (Wildman–Crippen LogP) is 5.75. The standard InChI is InChI=1S/C32H37N3O6S/c1-7-20-9-12-22(13-10-20)33-30(36)29(8-2)42-32-34-24-19-28(41-6)27(40-5)18-23(24)31(37)35(32)16-15-21-11-14-25(38-3)26(17-21)39-4/h9-14,17-19,29H,7-8,15-16H2,1-6H3,(H,33,36)/t29-/m0/s1. The van der Waals surface area contributed by atoms with Gasteiger partial charge in [-0.3, -0.25) is 14.2 Å². The molecule has 0 saturated carbocycles. The maximum Gasteiger partial charge on any atom is 0.262 e. The summed E-state index contributed by atoms with van der Waals surface area (Å²) in [5, 5.41) is 3.38. The largest absolute Gasteiger partial charge is 0.493 e. The number of carbonyl (C=O) groups is 1. The average molecular weight is 592 g/mol. The highest BCUT2D eigenvalue weighted by Crippen LogP contribution is 2.33. The zero-order chi connectivity index (χ0) is 30.2. The first kappa shape index (κ1) is 30.8. The fourth-order valence-corrected chi connectivity index (χ4v) is 5.63. The Bertz CT molecular complexity index is 1600.